The van der Waals surface area contributed by atoms with Crippen LogP contribution >= 0.6 is 43.2 Å². The first-order valence-electron chi connectivity index (χ1n) is 4.99. The zero-order chi connectivity index (χ0) is 14.2. The van der Waals surface area contributed by atoms with Crippen LogP contribution in [0.4, 0.5) is 11.4 Å². The van der Waals surface area contributed by atoms with Gasteiger partial charge in [-0.1, -0.05) is 15.9 Å². The van der Waals surface area contributed by atoms with Crippen molar-refractivity contribution in [3.63, 3.8) is 0 Å². The van der Waals surface area contributed by atoms with Crippen LogP contribution in [0.1, 0.15) is 5.01 Å². The molecule has 2 aromatic rings. The molecule has 0 atom stereocenters. The summed E-state index contributed by atoms with van der Waals surface area (Å²) in [5, 5.41) is 0.684. The van der Waals surface area contributed by atoms with Crippen molar-refractivity contribution in [2.75, 3.05) is 10.5 Å². The van der Waals surface area contributed by atoms with Crippen molar-refractivity contribution in [2.45, 2.75) is 11.1 Å². The summed E-state index contributed by atoms with van der Waals surface area (Å²) in [7, 11) is -3.67. The lowest BCUT2D eigenvalue weighted by Crippen LogP contribution is -2.13. The standard InChI is InChI=1S/C10H9Br2N3O2S2/c1-5-14-4-9(18-5)19(16,17)15-10-7(12)2-6(11)3-8(10)13/h2-4,15H,13H2,1H3. The number of anilines is 2. The van der Waals surface area contributed by atoms with E-state index < -0.39 is 10.0 Å². The molecule has 0 fully saturated rings. The molecular weight excluding hydrogens is 418 g/mol. The number of aryl methyl sites for hydroxylation is 1. The van der Waals surface area contributed by atoms with Crippen LogP contribution in [0.25, 0.3) is 0 Å². The lowest BCUT2D eigenvalue weighted by Gasteiger charge is -2.11. The van der Waals surface area contributed by atoms with Crippen LogP contribution in [0.2, 0.25) is 0 Å². The fraction of sp³-hybridized carbons (Fsp3) is 0.100. The summed E-state index contributed by atoms with van der Waals surface area (Å²) < 4.78 is 28.3. The van der Waals surface area contributed by atoms with Gasteiger partial charge in [0.05, 0.1) is 22.6 Å². The molecule has 102 valence electrons. The summed E-state index contributed by atoms with van der Waals surface area (Å²) in [5.41, 5.74) is 6.45. The summed E-state index contributed by atoms with van der Waals surface area (Å²) in [5.74, 6) is 0. The number of rotatable bonds is 3. The number of sulfonamides is 1. The number of aromatic nitrogens is 1. The van der Waals surface area contributed by atoms with Crippen LogP contribution in [0.3, 0.4) is 0 Å². The molecule has 0 unspecified atom stereocenters. The molecule has 0 saturated carbocycles. The number of nitrogens with one attached hydrogen (secondary N) is 1. The Hall–Kier alpha value is -0.640. The fourth-order valence-electron chi connectivity index (χ4n) is 1.35. The summed E-state index contributed by atoms with van der Waals surface area (Å²) >= 11 is 7.66. The molecule has 19 heavy (non-hydrogen) atoms. The molecule has 0 aliphatic rings. The van der Waals surface area contributed by atoms with Gasteiger partial charge in [0.1, 0.15) is 0 Å². The maximum absolute atomic E-state index is 12.2. The van der Waals surface area contributed by atoms with Gasteiger partial charge in [-0.15, -0.1) is 11.3 Å². The minimum atomic E-state index is -3.67. The number of hydrogen-bond acceptors (Lipinski definition) is 5. The van der Waals surface area contributed by atoms with E-state index in [-0.39, 0.29) is 4.21 Å². The molecule has 0 spiro atoms. The molecule has 3 N–H and O–H groups in total. The zero-order valence-electron chi connectivity index (χ0n) is 9.65. The van der Waals surface area contributed by atoms with Gasteiger partial charge in [0.2, 0.25) is 0 Å². The van der Waals surface area contributed by atoms with E-state index in [9.17, 15) is 8.42 Å². The van der Waals surface area contributed by atoms with Crippen molar-refractivity contribution >= 4 is 64.6 Å². The third kappa shape index (κ3) is 3.28. The Morgan fingerprint density at radius 2 is 2.05 bits per heavy atom. The molecule has 1 heterocycles. The van der Waals surface area contributed by atoms with Gasteiger partial charge in [-0.3, -0.25) is 4.72 Å². The Balaban J connectivity index is 2.41. The quantitative estimate of drug-likeness (QED) is 0.736. The predicted molar refractivity (Wildman–Crippen MR) is 83.9 cm³/mol. The van der Waals surface area contributed by atoms with Gasteiger partial charge in [-0.25, -0.2) is 13.4 Å². The average Bonchev–Trinajstić information content (AvgIpc) is 2.71. The highest BCUT2D eigenvalue weighted by atomic mass is 79.9. The van der Waals surface area contributed by atoms with Gasteiger partial charge in [-0.2, -0.15) is 0 Å². The summed E-state index contributed by atoms with van der Waals surface area (Å²) in [6.45, 7) is 1.74. The molecule has 0 aliphatic heterocycles. The third-order valence-corrected chi connectivity index (χ3v) is 5.99. The number of hydrogen-bond donors (Lipinski definition) is 2. The first-order chi connectivity index (χ1) is 8.79. The van der Waals surface area contributed by atoms with E-state index in [2.05, 4.69) is 41.6 Å². The summed E-state index contributed by atoms with van der Waals surface area (Å²) in [6, 6.07) is 3.34. The predicted octanol–water partition coefficient (Wildman–Crippen LogP) is 3.36. The lowest BCUT2D eigenvalue weighted by molar-refractivity contribution is 0.603. The van der Waals surface area contributed by atoms with E-state index in [0.29, 0.717) is 20.9 Å². The first-order valence-corrected chi connectivity index (χ1v) is 8.88. The third-order valence-electron chi connectivity index (χ3n) is 2.19. The highest BCUT2D eigenvalue weighted by molar-refractivity contribution is 9.11. The van der Waals surface area contributed by atoms with E-state index in [0.717, 1.165) is 15.8 Å². The topological polar surface area (TPSA) is 85.1 Å². The zero-order valence-corrected chi connectivity index (χ0v) is 14.5. The molecule has 1 aromatic carbocycles. The minimum absolute atomic E-state index is 0.152. The molecule has 1 aromatic heterocycles. The van der Waals surface area contributed by atoms with Crippen LogP contribution < -0.4 is 10.5 Å². The van der Waals surface area contributed by atoms with E-state index in [1.54, 1.807) is 19.1 Å². The number of nitrogens with two attached hydrogens (primary N) is 1. The van der Waals surface area contributed by atoms with Gasteiger partial charge in [0.15, 0.2) is 4.21 Å². The van der Waals surface area contributed by atoms with Crippen LogP contribution in [-0.2, 0) is 10.0 Å². The molecule has 2 rings (SSSR count). The largest absolute Gasteiger partial charge is 0.397 e. The number of halogens is 2. The van der Waals surface area contributed by atoms with Gasteiger partial charge in [-0.05, 0) is 35.0 Å². The van der Waals surface area contributed by atoms with Crippen LogP contribution in [0.15, 0.2) is 31.5 Å². The van der Waals surface area contributed by atoms with E-state index >= 15 is 0 Å². The van der Waals surface area contributed by atoms with Gasteiger partial charge < -0.3 is 5.73 Å². The molecular formula is C10H9Br2N3O2S2. The Labute approximate surface area is 131 Å². The van der Waals surface area contributed by atoms with Crippen LogP contribution in [0, 0.1) is 6.92 Å². The van der Waals surface area contributed by atoms with Crippen LogP contribution in [-0.4, -0.2) is 13.4 Å². The summed E-state index contributed by atoms with van der Waals surface area (Å²) in [4.78, 5) is 3.93. The SMILES string of the molecule is Cc1ncc(S(=O)(=O)Nc2c(N)cc(Br)cc2Br)s1. The first kappa shape index (κ1) is 14.8. The monoisotopic (exact) mass is 425 g/mol. The van der Waals surface area contributed by atoms with Gasteiger partial charge >= 0.3 is 0 Å². The molecule has 5 nitrogen and oxygen atoms in total. The highest BCUT2D eigenvalue weighted by Crippen LogP contribution is 2.34. The van der Waals surface area contributed by atoms with E-state index in [1.807, 2.05) is 0 Å². The number of nitrogens with zero attached hydrogens (tertiary/aromatic N) is 1. The second-order valence-corrected chi connectivity index (χ2v) is 8.57. The summed E-state index contributed by atoms with van der Waals surface area (Å²) in [6.07, 6.45) is 1.32. The molecule has 0 bridgehead atoms. The second-order valence-electron chi connectivity index (χ2n) is 3.66. The van der Waals surface area contributed by atoms with Crippen molar-refractivity contribution in [3.8, 4) is 0 Å². The molecule has 0 amide bonds. The van der Waals surface area contributed by atoms with Crippen molar-refractivity contribution in [1.82, 2.24) is 4.98 Å². The fourth-order valence-corrected chi connectivity index (χ4v) is 5.06. The van der Waals surface area contributed by atoms with Crippen molar-refractivity contribution in [2.24, 2.45) is 0 Å². The number of benzene rings is 1. The Kier molecular flexibility index (Phi) is 4.19. The van der Waals surface area contributed by atoms with Crippen molar-refractivity contribution < 1.29 is 8.42 Å². The van der Waals surface area contributed by atoms with Gasteiger partial charge in [0, 0.05) is 8.95 Å². The second kappa shape index (κ2) is 5.39. The Morgan fingerprint density at radius 3 is 2.58 bits per heavy atom. The molecule has 0 aliphatic carbocycles. The Bertz CT molecular complexity index is 705. The van der Waals surface area contributed by atoms with Gasteiger partial charge in [0.25, 0.3) is 10.0 Å². The van der Waals surface area contributed by atoms with Crippen molar-refractivity contribution in [3.05, 3.63) is 32.3 Å². The molecule has 0 radical (unpaired) electrons. The lowest BCUT2D eigenvalue weighted by atomic mass is 10.3. The smallest absolute Gasteiger partial charge is 0.273 e. The molecule has 9 heteroatoms. The Morgan fingerprint density at radius 1 is 1.37 bits per heavy atom. The number of nitrogen functional groups attached to an aromatic ring is 1. The maximum atomic E-state index is 12.2. The highest BCUT2D eigenvalue weighted by Gasteiger charge is 2.20. The normalized spacial score (nSPS) is 11.5. The minimum Gasteiger partial charge on any atom is -0.397 e. The maximum Gasteiger partial charge on any atom is 0.273 e. The molecule has 0 saturated heterocycles. The van der Waals surface area contributed by atoms with Crippen molar-refractivity contribution in [1.29, 1.82) is 0 Å². The average molecular weight is 427 g/mol. The number of thiazole rings is 1. The van der Waals surface area contributed by atoms with E-state index in [4.69, 9.17) is 5.73 Å². The van der Waals surface area contributed by atoms with E-state index in [1.165, 1.54) is 6.20 Å². The van der Waals surface area contributed by atoms with Crippen LogP contribution in [0.5, 0.6) is 0 Å².